The number of aromatic amines is 1. The Morgan fingerprint density at radius 1 is 1.33 bits per heavy atom. The monoisotopic (exact) mass is 289 g/mol. The molecule has 1 aromatic heterocycles. The van der Waals surface area contributed by atoms with E-state index in [-0.39, 0.29) is 6.10 Å². The molecule has 0 amide bonds. The number of hydrogen-bond acceptors (Lipinski definition) is 4. The molecule has 0 saturated heterocycles. The molecule has 0 aliphatic heterocycles. The summed E-state index contributed by atoms with van der Waals surface area (Å²) in [5, 5.41) is 9.70. The van der Waals surface area contributed by atoms with Gasteiger partial charge in [0.25, 0.3) is 0 Å². The molecule has 1 heterocycles. The van der Waals surface area contributed by atoms with Gasteiger partial charge in [-0.3, -0.25) is 4.90 Å². The third-order valence-corrected chi connectivity index (χ3v) is 3.12. The maximum absolute atomic E-state index is 9.70. The molecule has 2 rings (SSSR count). The number of hydrogen-bond donors (Lipinski definition) is 2. The van der Waals surface area contributed by atoms with Crippen molar-refractivity contribution < 1.29 is 9.84 Å². The lowest BCUT2D eigenvalue weighted by molar-refractivity contribution is 0.116. The van der Waals surface area contributed by atoms with Crippen LogP contribution in [0, 0.1) is 0 Å². The minimum atomic E-state index is -0.390. The van der Waals surface area contributed by atoms with Crippen molar-refractivity contribution in [2.24, 2.45) is 0 Å². The number of benzene rings is 1. The van der Waals surface area contributed by atoms with E-state index in [1.165, 1.54) is 0 Å². The van der Waals surface area contributed by atoms with Gasteiger partial charge in [0.15, 0.2) is 0 Å². The van der Waals surface area contributed by atoms with Crippen molar-refractivity contribution in [3.8, 4) is 5.75 Å². The zero-order valence-electron chi connectivity index (χ0n) is 12.6. The van der Waals surface area contributed by atoms with Crippen LogP contribution in [-0.4, -0.2) is 39.2 Å². The first-order valence-corrected chi connectivity index (χ1v) is 7.28. The Labute approximate surface area is 125 Å². The van der Waals surface area contributed by atoms with Crippen LogP contribution in [0.1, 0.15) is 25.2 Å². The fourth-order valence-electron chi connectivity index (χ4n) is 2.33. The summed E-state index contributed by atoms with van der Waals surface area (Å²) in [6, 6.07) is 8.01. The molecule has 0 fully saturated rings. The Morgan fingerprint density at radius 3 is 2.81 bits per heavy atom. The molecule has 2 aromatic rings. The number of aromatic nitrogens is 2. The van der Waals surface area contributed by atoms with Crippen LogP contribution in [-0.2, 0) is 13.1 Å². The van der Waals surface area contributed by atoms with E-state index in [1.807, 2.05) is 31.3 Å². The Bertz CT molecular complexity index is 526. The summed E-state index contributed by atoms with van der Waals surface area (Å²) in [6.07, 6.45) is 3.16. The highest BCUT2D eigenvalue weighted by Crippen LogP contribution is 2.20. The normalized spacial score (nSPS) is 12.6. The van der Waals surface area contributed by atoms with E-state index in [0.717, 1.165) is 17.1 Å². The molecular formula is C16H23N3O2. The number of rotatable bonds is 8. The number of nitrogens with one attached hydrogen (secondary N) is 1. The molecule has 21 heavy (non-hydrogen) atoms. The highest BCUT2D eigenvalue weighted by molar-refractivity contribution is 5.33. The second-order valence-electron chi connectivity index (χ2n) is 5.10. The van der Waals surface area contributed by atoms with Crippen molar-refractivity contribution in [1.29, 1.82) is 0 Å². The molecule has 0 radical (unpaired) electrons. The second kappa shape index (κ2) is 7.81. The first kappa shape index (κ1) is 15.5. The third-order valence-electron chi connectivity index (χ3n) is 3.12. The number of nitrogens with zero attached hydrogens (tertiary/aromatic N) is 2. The van der Waals surface area contributed by atoms with E-state index < -0.39 is 0 Å². The van der Waals surface area contributed by atoms with Crippen LogP contribution in [0.25, 0.3) is 0 Å². The van der Waals surface area contributed by atoms with Gasteiger partial charge in [0, 0.05) is 31.0 Å². The molecule has 5 heteroatoms. The smallest absolute Gasteiger partial charge is 0.123 e. The predicted octanol–water partition coefficient (Wildman–Crippen LogP) is 2.19. The zero-order chi connectivity index (χ0) is 15.1. The van der Waals surface area contributed by atoms with Crippen molar-refractivity contribution >= 4 is 0 Å². The maximum Gasteiger partial charge on any atom is 0.123 e. The molecular weight excluding hydrogens is 266 g/mol. The summed E-state index contributed by atoms with van der Waals surface area (Å²) in [6.45, 7) is 6.38. The highest BCUT2D eigenvalue weighted by Gasteiger charge is 2.13. The maximum atomic E-state index is 9.70. The Balaban J connectivity index is 2.10. The van der Waals surface area contributed by atoms with Gasteiger partial charge >= 0.3 is 0 Å². The Hall–Kier alpha value is -1.85. The second-order valence-corrected chi connectivity index (χ2v) is 5.10. The summed E-state index contributed by atoms with van der Waals surface area (Å²) < 4.78 is 5.67. The Kier molecular flexibility index (Phi) is 5.78. The SMILES string of the molecule is CCOc1ccccc1CN(Cc1ncc[nH]1)CC(C)O. The number of aliphatic hydroxyl groups excluding tert-OH is 1. The quantitative estimate of drug-likeness (QED) is 0.782. The van der Waals surface area contributed by atoms with Crippen molar-refractivity contribution in [2.45, 2.75) is 33.0 Å². The molecule has 1 unspecified atom stereocenters. The molecule has 0 aliphatic rings. The summed E-state index contributed by atoms with van der Waals surface area (Å²) in [5.74, 6) is 1.79. The van der Waals surface area contributed by atoms with Crippen LogP contribution < -0.4 is 4.74 Å². The van der Waals surface area contributed by atoms with E-state index in [1.54, 1.807) is 13.1 Å². The summed E-state index contributed by atoms with van der Waals surface area (Å²) in [5.41, 5.74) is 1.12. The van der Waals surface area contributed by atoms with E-state index >= 15 is 0 Å². The average Bonchev–Trinajstić information content (AvgIpc) is 2.93. The number of imidazole rings is 1. The van der Waals surface area contributed by atoms with Gasteiger partial charge in [-0.15, -0.1) is 0 Å². The lowest BCUT2D eigenvalue weighted by atomic mass is 10.1. The van der Waals surface area contributed by atoms with Crippen LogP contribution in [0.5, 0.6) is 5.75 Å². The Morgan fingerprint density at radius 2 is 2.14 bits per heavy atom. The molecule has 0 spiro atoms. The summed E-state index contributed by atoms with van der Waals surface area (Å²) in [4.78, 5) is 9.51. The van der Waals surface area contributed by atoms with Gasteiger partial charge in [-0.1, -0.05) is 18.2 Å². The lowest BCUT2D eigenvalue weighted by Gasteiger charge is -2.24. The van der Waals surface area contributed by atoms with Crippen LogP contribution in [0.3, 0.4) is 0 Å². The lowest BCUT2D eigenvalue weighted by Crippen LogP contribution is -2.30. The standard InChI is InChI=1S/C16H23N3O2/c1-3-21-15-7-5-4-6-14(15)11-19(10-13(2)20)12-16-17-8-9-18-16/h4-9,13,20H,3,10-12H2,1-2H3,(H,17,18). The minimum absolute atomic E-state index is 0.390. The van der Waals surface area contributed by atoms with Gasteiger partial charge in [-0.05, 0) is 19.9 Å². The number of ether oxygens (including phenoxy) is 1. The van der Waals surface area contributed by atoms with E-state index in [0.29, 0.717) is 26.2 Å². The van der Waals surface area contributed by atoms with Crippen molar-refractivity contribution in [1.82, 2.24) is 14.9 Å². The van der Waals surface area contributed by atoms with Gasteiger partial charge < -0.3 is 14.8 Å². The third kappa shape index (κ3) is 4.88. The molecule has 0 aliphatic carbocycles. The minimum Gasteiger partial charge on any atom is -0.494 e. The number of para-hydroxylation sites is 1. The average molecular weight is 289 g/mol. The predicted molar refractivity (Wildman–Crippen MR) is 82.0 cm³/mol. The van der Waals surface area contributed by atoms with Gasteiger partial charge in [-0.25, -0.2) is 4.98 Å². The highest BCUT2D eigenvalue weighted by atomic mass is 16.5. The fourth-order valence-corrected chi connectivity index (χ4v) is 2.33. The zero-order valence-corrected chi connectivity index (χ0v) is 12.6. The first-order chi connectivity index (χ1) is 10.2. The van der Waals surface area contributed by atoms with Crippen molar-refractivity contribution in [2.75, 3.05) is 13.2 Å². The van der Waals surface area contributed by atoms with Crippen LogP contribution >= 0.6 is 0 Å². The molecule has 1 atom stereocenters. The molecule has 114 valence electrons. The fraction of sp³-hybridized carbons (Fsp3) is 0.438. The molecule has 0 saturated carbocycles. The summed E-state index contributed by atoms with van der Waals surface area (Å²) in [7, 11) is 0. The largest absolute Gasteiger partial charge is 0.494 e. The van der Waals surface area contributed by atoms with Gasteiger partial charge in [0.1, 0.15) is 11.6 Å². The van der Waals surface area contributed by atoms with Crippen LogP contribution in [0.2, 0.25) is 0 Å². The van der Waals surface area contributed by atoms with E-state index in [9.17, 15) is 5.11 Å². The van der Waals surface area contributed by atoms with E-state index in [2.05, 4.69) is 20.9 Å². The van der Waals surface area contributed by atoms with Gasteiger partial charge in [0.2, 0.25) is 0 Å². The number of aliphatic hydroxyl groups is 1. The molecule has 1 aromatic carbocycles. The molecule has 5 nitrogen and oxygen atoms in total. The first-order valence-electron chi connectivity index (χ1n) is 7.28. The molecule has 0 bridgehead atoms. The van der Waals surface area contributed by atoms with Gasteiger partial charge in [-0.2, -0.15) is 0 Å². The van der Waals surface area contributed by atoms with Crippen LogP contribution in [0.4, 0.5) is 0 Å². The summed E-state index contributed by atoms with van der Waals surface area (Å²) >= 11 is 0. The number of H-pyrrole nitrogens is 1. The molecule has 2 N–H and O–H groups in total. The van der Waals surface area contributed by atoms with Crippen LogP contribution in [0.15, 0.2) is 36.7 Å². The van der Waals surface area contributed by atoms with E-state index in [4.69, 9.17) is 4.74 Å². The van der Waals surface area contributed by atoms with Gasteiger partial charge in [0.05, 0.1) is 19.3 Å². The topological polar surface area (TPSA) is 61.4 Å². The van der Waals surface area contributed by atoms with Crippen molar-refractivity contribution in [3.05, 3.63) is 48.0 Å². The van der Waals surface area contributed by atoms with Crippen molar-refractivity contribution in [3.63, 3.8) is 0 Å².